The normalized spacial score (nSPS) is 29.7. The Morgan fingerprint density at radius 3 is 1.68 bits per heavy atom. The van der Waals surface area contributed by atoms with Crippen molar-refractivity contribution >= 4 is 24.1 Å². The van der Waals surface area contributed by atoms with Crippen LogP contribution in [0.1, 0.15) is 25.7 Å². The fourth-order valence-electron chi connectivity index (χ4n) is 3.14. The van der Waals surface area contributed by atoms with Crippen molar-refractivity contribution in [2.75, 3.05) is 40.3 Å². The lowest BCUT2D eigenvalue weighted by Crippen LogP contribution is -2.30. The highest BCUT2D eigenvalue weighted by atomic mass is 15.2. The standard InChI is InChI=1S/C16H26N6/c1-21-9-7-17-15(21)11-19-13-5-3-4-6-14(13)20-12-16-18-8-10-22(16)2/h11-14H,3-10H2,1-2H3. The lowest BCUT2D eigenvalue weighted by Gasteiger charge is -2.26. The van der Waals surface area contributed by atoms with E-state index in [0.717, 1.165) is 50.7 Å². The number of nitrogens with zero attached hydrogens (tertiary/aromatic N) is 6. The molecule has 0 saturated heterocycles. The molecule has 3 rings (SSSR count). The number of rotatable bonds is 4. The molecular weight excluding hydrogens is 276 g/mol. The average molecular weight is 302 g/mol. The largest absolute Gasteiger partial charge is 0.357 e. The Balaban J connectivity index is 1.63. The molecule has 22 heavy (non-hydrogen) atoms. The molecule has 3 aliphatic rings. The summed E-state index contributed by atoms with van der Waals surface area (Å²) in [6.07, 6.45) is 8.64. The van der Waals surface area contributed by atoms with E-state index in [9.17, 15) is 0 Å². The molecule has 2 atom stereocenters. The zero-order valence-electron chi connectivity index (χ0n) is 13.6. The summed E-state index contributed by atoms with van der Waals surface area (Å²) >= 11 is 0. The summed E-state index contributed by atoms with van der Waals surface area (Å²) in [6.45, 7) is 3.77. The molecule has 6 nitrogen and oxygen atoms in total. The van der Waals surface area contributed by atoms with Crippen LogP contribution in [0.5, 0.6) is 0 Å². The summed E-state index contributed by atoms with van der Waals surface area (Å²) in [4.78, 5) is 22.9. The molecule has 0 aromatic carbocycles. The van der Waals surface area contributed by atoms with Crippen LogP contribution in [0.2, 0.25) is 0 Å². The average Bonchev–Trinajstić information content (AvgIpc) is 3.12. The SMILES string of the molecule is CN1CCN=C1C=NC1CCCCC1N=CC1=NCCN1C. The van der Waals surface area contributed by atoms with E-state index in [4.69, 9.17) is 9.98 Å². The summed E-state index contributed by atoms with van der Waals surface area (Å²) in [5.74, 6) is 2.02. The molecule has 6 heteroatoms. The van der Waals surface area contributed by atoms with Crippen LogP contribution in [0.4, 0.5) is 0 Å². The first kappa shape index (κ1) is 15.2. The molecule has 1 fully saturated rings. The Morgan fingerprint density at radius 1 is 0.864 bits per heavy atom. The zero-order valence-corrected chi connectivity index (χ0v) is 13.6. The van der Waals surface area contributed by atoms with Crippen molar-refractivity contribution in [3.05, 3.63) is 0 Å². The molecule has 2 aliphatic heterocycles. The van der Waals surface area contributed by atoms with Crippen LogP contribution in [0.25, 0.3) is 0 Å². The van der Waals surface area contributed by atoms with E-state index >= 15 is 0 Å². The predicted octanol–water partition coefficient (Wildman–Crippen LogP) is 1.13. The minimum Gasteiger partial charge on any atom is -0.357 e. The molecule has 0 spiro atoms. The van der Waals surface area contributed by atoms with Crippen LogP contribution >= 0.6 is 0 Å². The highest BCUT2D eigenvalue weighted by Gasteiger charge is 2.24. The van der Waals surface area contributed by atoms with Gasteiger partial charge in [-0.25, -0.2) is 0 Å². The maximum atomic E-state index is 4.80. The quantitative estimate of drug-likeness (QED) is 0.731. The Bertz CT molecular complexity index is 461. The van der Waals surface area contributed by atoms with Gasteiger partial charge in [-0.05, 0) is 12.8 Å². The molecular formula is C16H26N6. The number of aliphatic imine (C=N–C) groups is 4. The molecule has 120 valence electrons. The third-order valence-corrected chi connectivity index (χ3v) is 4.66. The Kier molecular flexibility index (Phi) is 4.85. The van der Waals surface area contributed by atoms with Gasteiger partial charge in [-0.1, -0.05) is 12.8 Å². The van der Waals surface area contributed by atoms with Crippen LogP contribution in [0, 0.1) is 0 Å². The van der Waals surface area contributed by atoms with Crippen LogP contribution in [-0.4, -0.2) is 86.3 Å². The number of amidine groups is 2. The zero-order chi connectivity index (χ0) is 15.4. The van der Waals surface area contributed by atoms with Gasteiger partial charge in [0.25, 0.3) is 0 Å². The first-order valence-corrected chi connectivity index (χ1v) is 8.31. The van der Waals surface area contributed by atoms with Crippen molar-refractivity contribution < 1.29 is 0 Å². The topological polar surface area (TPSA) is 55.9 Å². The van der Waals surface area contributed by atoms with Gasteiger partial charge in [-0.3, -0.25) is 20.0 Å². The van der Waals surface area contributed by atoms with Gasteiger partial charge in [-0.2, -0.15) is 0 Å². The maximum absolute atomic E-state index is 4.80. The number of likely N-dealkylation sites (N-methyl/N-ethyl adjacent to an activating group) is 2. The van der Waals surface area contributed by atoms with E-state index in [1.54, 1.807) is 0 Å². The van der Waals surface area contributed by atoms with Crippen LogP contribution in [-0.2, 0) is 0 Å². The van der Waals surface area contributed by atoms with Crippen molar-refractivity contribution in [2.45, 2.75) is 37.8 Å². The van der Waals surface area contributed by atoms with Crippen molar-refractivity contribution in [2.24, 2.45) is 20.0 Å². The third kappa shape index (κ3) is 3.54. The molecule has 0 amide bonds. The molecule has 0 bridgehead atoms. The fourth-order valence-corrected chi connectivity index (χ4v) is 3.14. The highest BCUT2D eigenvalue weighted by molar-refractivity contribution is 6.30. The van der Waals surface area contributed by atoms with Gasteiger partial charge in [0.05, 0.1) is 37.6 Å². The molecule has 0 N–H and O–H groups in total. The van der Waals surface area contributed by atoms with Gasteiger partial charge in [-0.15, -0.1) is 0 Å². The molecule has 2 unspecified atom stereocenters. The van der Waals surface area contributed by atoms with Crippen LogP contribution < -0.4 is 0 Å². The number of hydrogen-bond donors (Lipinski definition) is 0. The lowest BCUT2D eigenvalue weighted by molar-refractivity contribution is 0.390. The Labute approximate surface area is 132 Å². The highest BCUT2D eigenvalue weighted by Crippen LogP contribution is 2.23. The molecule has 1 saturated carbocycles. The summed E-state index contributed by atoms with van der Waals surface area (Å²) in [5.41, 5.74) is 0. The van der Waals surface area contributed by atoms with E-state index in [-0.39, 0.29) is 12.1 Å². The monoisotopic (exact) mass is 302 g/mol. The lowest BCUT2D eigenvalue weighted by atomic mass is 9.91. The van der Waals surface area contributed by atoms with Crippen molar-refractivity contribution in [1.82, 2.24) is 9.80 Å². The second-order valence-electron chi connectivity index (χ2n) is 6.30. The van der Waals surface area contributed by atoms with E-state index in [0.29, 0.717) is 0 Å². The molecule has 2 heterocycles. The van der Waals surface area contributed by atoms with Gasteiger partial charge < -0.3 is 9.80 Å². The van der Waals surface area contributed by atoms with Gasteiger partial charge in [0.15, 0.2) is 0 Å². The molecule has 0 aromatic heterocycles. The summed E-state index contributed by atoms with van der Waals surface area (Å²) < 4.78 is 0. The van der Waals surface area contributed by atoms with E-state index in [1.807, 2.05) is 12.4 Å². The van der Waals surface area contributed by atoms with Crippen molar-refractivity contribution in [3.8, 4) is 0 Å². The molecule has 0 aromatic rings. The van der Waals surface area contributed by atoms with Crippen molar-refractivity contribution in [3.63, 3.8) is 0 Å². The van der Waals surface area contributed by atoms with Gasteiger partial charge in [0, 0.05) is 27.2 Å². The Hall–Kier alpha value is -1.72. The smallest absolute Gasteiger partial charge is 0.141 e. The first-order valence-electron chi connectivity index (χ1n) is 8.31. The van der Waals surface area contributed by atoms with Crippen LogP contribution in [0.3, 0.4) is 0 Å². The Morgan fingerprint density at radius 2 is 1.32 bits per heavy atom. The second kappa shape index (κ2) is 7.03. The van der Waals surface area contributed by atoms with Gasteiger partial charge >= 0.3 is 0 Å². The van der Waals surface area contributed by atoms with Crippen molar-refractivity contribution in [1.29, 1.82) is 0 Å². The van der Waals surface area contributed by atoms with Crippen LogP contribution in [0.15, 0.2) is 20.0 Å². The molecule has 1 aliphatic carbocycles. The van der Waals surface area contributed by atoms with E-state index in [2.05, 4.69) is 33.9 Å². The van der Waals surface area contributed by atoms with Gasteiger partial charge in [0.1, 0.15) is 11.7 Å². The predicted molar refractivity (Wildman–Crippen MR) is 92.9 cm³/mol. The summed E-state index contributed by atoms with van der Waals surface area (Å²) in [6, 6.07) is 0.572. The maximum Gasteiger partial charge on any atom is 0.141 e. The minimum absolute atomic E-state index is 0.286. The second-order valence-corrected chi connectivity index (χ2v) is 6.30. The molecule has 0 radical (unpaired) electrons. The van der Waals surface area contributed by atoms with E-state index in [1.165, 1.54) is 12.8 Å². The summed E-state index contributed by atoms with van der Waals surface area (Å²) in [7, 11) is 4.14. The number of hydrogen-bond acceptors (Lipinski definition) is 6. The minimum atomic E-state index is 0.286. The summed E-state index contributed by atoms with van der Waals surface area (Å²) in [5, 5.41) is 0. The first-order chi connectivity index (χ1) is 10.7. The third-order valence-electron chi connectivity index (χ3n) is 4.66. The van der Waals surface area contributed by atoms with E-state index < -0.39 is 0 Å². The van der Waals surface area contributed by atoms with Gasteiger partial charge in [0.2, 0.25) is 0 Å². The fraction of sp³-hybridized carbons (Fsp3) is 0.750.